The number of methoxy groups -OCH3 is 1. The molecule has 4 saturated carbocycles. The van der Waals surface area contributed by atoms with Crippen LogP contribution in [0.5, 0.6) is 0 Å². The Balaban J connectivity index is 1.62. The maximum absolute atomic E-state index is 10.4. The van der Waals surface area contributed by atoms with Gasteiger partial charge < -0.3 is 9.84 Å². The largest absolute Gasteiger partial charge is 0.390 e. The van der Waals surface area contributed by atoms with E-state index in [1.807, 2.05) is 0 Å². The van der Waals surface area contributed by atoms with E-state index in [1.54, 1.807) is 7.11 Å². The predicted octanol–water partition coefficient (Wildman–Crippen LogP) is 4.65. The highest BCUT2D eigenvalue weighted by atomic mass is 16.5. The zero-order valence-corrected chi connectivity index (χ0v) is 15.6. The lowest BCUT2D eigenvalue weighted by molar-refractivity contribution is -0.165. The number of fused-ring (bicyclic) bond motifs is 5. The summed E-state index contributed by atoms with van der Waals surface area (Å²) in [6.45, 7) is 7.65. The van der Waals surface area contributed by atoms with Gasteiger partial charge in [-0.1, -0.05) is 20.8 Å². The van der Waals surface area contributed by atoms with Gasteiger partial charge in [-0.15, -0.1) is 0 Å². The zero-order valence-electron chi connectivity index (χ0n) is 15.6. The third kappa shape index (κ3) is 2.20. The zero-order chi connectivity index (χ0) is 16.4. The van der Waals surface area contributed by atoms with E-state index in [0.717, 1.165) is 36.5 Å². The lowest BCUT2D eigenvalue weighted by Crippen LogP contribution is -2.56. The van der Waals surface area contributed by atoms with E-state index in [2.05, 4.69) is 20.8 Å². The van der Waals surface area contributed by atoms with Crippen LogP contribution in [-0.4, -0.2) is 24.4 Å². The average molecular weight is 321 g/mol. The summed E-state index contributed by atoms with van der Waals surface area (Å²) in [4.78, 5) is 0. The molecule has 2 heteroatoms. The SMILES string of the molecule is CO[C@H]1C[C@@]2(C)[C@@H](CC[C@@H]3[C@@H]2CC[C@]2(C)[C@@H](C)CC[C@@H]32)C[C@@H]1O. The van der Waals surface area contributed by atoms with Crippen molar-refractivity contribution in [3.63, 3.8) is 0 Å². The van der Waals surface area contributed by atoms with Gasteiger partial charge in [0.1, 0.15) is 0 Å². The van der Waals surface area contributed by atoms with Crippen LogP contribution in [0.3, 0.4) is 0 Å². The second-order valence-electron chi connectivity index (χ2n) is 9.96. The van der Waals surface area contributed by atoms with Gasteiger partial charge in [0.25, 0.3) is 0 Å². The molecule has 4 fully saturated rings. The molecule has 0 heterocycles. The first-order valence-corrected chi connectivity index (χ1v) is 10.1. The van der Waals surface area contributed by atoms with Crippen molar-refractivity contribution in [2.75, 3.05) is 7.11 Å². The van der Waals surface area contributed by atoms with Crippen molar-refractivity contribution in [3.05, 3.63) is 0 Å². The number of rotatable bonds is 1. The lowest BCUT2D eigenvalue weighted by atomic mass is 9.44. The summed E-state index contributed by atoms with van der Waals surface area (Å²) in [5.41, 5.74) is 1.01. The van der Waals surface area contributed by atoms with Crippen LogP contribution in [-0.2, 0) is 4.74 Å². The highest BCUT2D eigenvalue weighted by molar-refractivity contribution is 5.09. The number of hydrogen-bond donors (Lipinski definition) is 1. The van der Waals surface area contributed by atoms with Crippen molar-refractivity contribution in [1.82, 2.24) is 0 Å². The average Bonchev–Trinajstić information content (AvgIpc) is 2.83. The summed E-state index contributed by atoms with van der Waals surface area (Å²) in [5, 5.41) is 10.4. The summed E-state index contributed by atoms with van der Waals surface area (Å²) in [7, 11) is 1.79. The van der Waals surface area contributed by atoms with Gasteiger partial charge in [-0.05, 0) is 91.8 Å². The molecule has 4 rings (SSSR count). The van der Waals surface area contributed by atoms with E-state index in [1.165, 1.54) is 38.5 Å². The van der Waals surface area contributed by atoms with Gasteiger partial charge in [-0.2, -0.15) is 0 Å². The molecule has 0 aromatic rings. The van der Waals surface area contributed by atoms with Gasteiger partial charge in [0.05, 0.1) is 12.2 Å². The van der Waals surface area contributed by atoms with Crippen LogP contribution in [0.1, 0.15) is 72.1 Å². The van der Waals surface area contributed by atoms with E-state index in [0.29, 0.717) is 16.7 Å². The third-order valence-corrected chi connectivity index (χ3v) is 9.44. The van der Waals surface area contributed by atoms with Crippen molar-refractivity contribution in [2.24, 2.45) is 40.4 Å². The Labute approximate surface area is 142 Å². The fourth-order valence-corrected chi connectivity index (χ4v) is 7.76. The number of aliphatic hydroxyl groups is 1. The van der Waals surface area contributed by atoms with Crippen molar-refractivity contribution in [2.45, 2.75) is 84.3 Å². The number of ether oxygens (including phenoxy) is 1. The van der Waals surface area contributed by atoms with Crippen LogP contribution in [0.2, 0.25) is 0 Å². The highest BCUT2D eigenvalue weighted by Crippen LogP contribution is 2.67. The molecular weight excluding hydrogens is 284 g/mol. The smallest absolute Gasteiger partial charge is 0.0835 e. The van der Waals surface area contributed by atoms with Crippen LogP contribution in [0.25, 0.3) is 0 Å². The molecule has 1 N–H and O–H groups in total. The molecular formula is C21H36O2. The molecule has 0 unspecified atom stereocenters. The Morgan fingerprint density at radius 1 is 0.957 bits per heavy atom. The standard InChI is InChI=1S/C21H36O2/c1-13-5-8-16-15-7-6-14-11-18(22)19(23-4)12-21(14,3)17(15)9-10-20(13,16)2/h13-19,22H,5-12H2,1-4H3/t13-,14-,15-,16-,17-,18-,19-,20+,21-/m0/s1. The molecule has 0 aromatic carbocycles. The first-order valence-electron chi connectivity index (χ1n) is 10.1. The molecule has 132 valence electrons. The quantitative estimate of drug-likeness (QED) is 0.762. The van der Waals surface area contributed by atoms with Crippen LogP contribution in [0, 0.1) is 40.4 Å². The Morgan fingerprint density at radius 2 is 1.70 bits per heavy atom. The monoisotopic (exact) mass is 320 g/mol. The summed E-state index contributed by atoms with van der Waals surface area (Å²) >= 11 is 0. The number of aliphatic hydroxyl groups excluding tert-OH is 1. The Hall–Kier alpha value is -0.0800. The lowest BCUT2D eigenvalue weighted by Gasteiger charge is -2.61. The summed E-state index contributed by atoms with van der Waals surface area (Å²) < 4.78 is 5.67. The van der Waals surface area contributed by atoms with Crippen molar-refractivity contribution in [3.8, 4) is 0 Å². The molecule has 0 aliphatic heterocycles. The Morgan fingerprint density at radius 3 is 2.43 bits per heavy atom. The minimum Gasteiger partial charge on any atom is -0.390 e. The third-order valence-electron chi connectivity index (χ3n) is 9.44. The minimum absolute atomic E-state index is 0.0609. The van der Waals surface area contributed by atoms with Gasteiger partial charge in [0, 0.05) is 7.11 Å². The maximum Gasteiger partial charge on any atom is 0.0835 e. The maximum atomic E-state index is 10.4. The number of hydrogen-bond acceptors (Lipinski definition) is 2. The fraction of sp³-hybridized carbons (Fsp3) is 1.00. The minimum atomic E-state index is -0.241. The summed E-state index contributed by atoms with van der Waals surface area (Å²) in [6, 6.07) is 0. The van der Waals surface area contributed by atoms with Crippen LogP contribution in [0.4, 0.5) is 0 Å². The van der Waals surface area contributed by atoms with E-state index in [9.17, 15) is 5.11 Å². The second kappa shape index (κ2) is 5.46. The first kappa shape index (κ1) is 16.4. The second-order valence-corrected chi connectivity index (χ2v) is 9.96. The Bertz CT molecular complexity index is 463. The van der Waals surface area contributed by atoms with Crippen LogP contribution < -0.4 is 0 Å². The van der Waals surface area contributed by atoms with Crippen LogP contribution in [0.15, 0.2) is 0 Å². The molecule has 0 amide bonds. The fourth-order valence-electron chi connectivity index (χ4n) is 7.76. The molecule has 4 aliphatic carbocycles. The van der Waals surface area contributed by atoms with Gasteiger partial charge in [-0.3, -0.25) is 0 Å². The van der Waals surface area contributed by atoms with Crippen molar-refractivity contribution in [1.29, 1.82) is 0 Å². The van der Waals surface area contributed by atoms with Gasteiger partial charge in [0.15, 0.2) is 0 Å². The predicted molar refractivity (Wildman–Crippen MR) is 93.1 cm³/mol. The normalized spacial score (nSPS) is 59.1. The molecule has 0 saturated heterocycles. The van der Waals surface area contributed by atoms with E-state index in [-0.39, 0.29) is 12.2 Å². The van der Waals surface area contributed by atoms with Gasteiger partial charge in [0.2, 0.25) is 0 Å². The van der Waals surface area contributed by atoms with Crippen molar-refractivity contribution >= 4 is 0 Å². The van der Waals surface area contributed by atoms with E-state index >= 15 is 0 Å². The molecule has 0 spiro atoms. The molecule has 0 radical (unpaired) electrons. The Kier molecular flexibility index (Phi) is 3.89. The molecule has 0 bridgehead atoms. The molecule has 4 aliphatic rings. The van der Waals surface area contributed by atoms with E-state index in [4.69, 9.17) is 4.74 Å². The highest BCUT2D eigenvalue weighted by Gasteiger charge is 2.60. The molecule has 23 heavy (non-hydrogen) atoms. The summed E-state index contributed by atoms with van der Waals surface area (Å²) in [5.74, 6) is 4.40. The van der Waals surface area contributed by atoms with Gasteiger partial charge >= 0.3 is 0 Å². The van der Waals surface area contributed by atoms with E-state index < -0.39 is 0 Å². The first-order chi connectivity index (χ1) is 10.9. The van der Waals surface area contributed by atoms with Crippen LogP contribution >= 0.6 is 0 Å². The topological polar surface area (TPSA) is 29.5 Å². The van der Waals surface area contributed by atoms with Gasteiger partial charge in [-0.25, -0.2) is 0 Å². The molecule has 9 atom stereocenters. The molecule has 0 aromatic heterocycles. The van der Waals surface area contributed by atoms with Crippen molar-refractivity contribution < 1.29 is 9.84 Å². The molecule has 2 nitrogen and oxygen atoms in total. The summed E-state index contributed by atoms with van der Waals surface area (Å²) in [6.07, 6.45) is 10.4.